The van der Waals surface area contributed by atoms with E-state index in [-0.39, 0.29) is 36.3 Å². The highest BCUT2D eigenvalue weighted by molar-refractivity contribution is 8.01. The minimum atomic E-state index is -0.907. The van der Waals surface area contributed by atoms with Crippen LogP contribution in [0.15, 0.2) is 23.1 Å². The Balaban J connectivity index is 1.49. The zero-order valence-corrected chi connectivity index (χ0v) is 19.3. The van der Waals surface area contributed by atoms with Crippen LogP contribution in [0.25, 0.3) is 0 Å². The maximum atomic E-state index is 13.3. The summed E-state index contributed by atoms with van der Waals surface area (Å²) in [6.07, 6.45) is 10.7. The number of nitrogens with zero attached hydrogens (tertiary/aromatic N) is 1. The zero-order valence-electron chi connectivity index (χ0n) is 17.7. The normalized spacial score (nSPS) is 22.7. The first-order chi connectivity index (χ1) is 15.0. The number of carbonyl (C=O) groups is 3. The Morgan fingerprint density at radius 1 is 0.968 bits per heavy atom. The van der Waals surface area contributed by atoms with Gasteiger partial charge in [0.2, 0.25) is 11.8 Å². The molecule has 2 N–H and O–H groups in total. The van der Waals surface area contributed by atoms with Crippen molar-refractivity contribution in [3.05, 3.63) is 23.2 Å². The number of amides is 3. The number of hydrogen-bond donors (Lipinski definition) is 2. The molecular formula is C23H30ClN3O3S. The number of hydrogen-bond acceptors (Lipinski definition) is 4. The van der Waals surface area contributed by atoms with Gasteiger partial charge in [0, 0.05) is 22.0 Å². The Morgan fingerprint density at radius 3 is 2.23 bits per heavy atom. The predicted octanol–water partition coefficient (Wildman–Crippen LogP) is 4.05. The second-order valence-corrected chi connectivity index (χ2v) is 10.4. The van der Waals surface area contributed by atoms with Crippen LogP contribution >= 0.6 is 23.4 Å². The van der Waals surface area contributed by atoms with Gasteiger partial charge in [-0.2, -0.15) is 0 Å². The van der Waals surface area contributed by atoms with Crippen LogP contribution in [-0.4, -0.2) is 41.6 Å². The fraction of sp³-hybridized carbons (Fsp3) is 0.609. The molecule has 8 heteroatoms. The van der Waals surface area contributed by atoms with Crippen molar-refractivity contribution in [1.82, 2.24) is 10.6 Å². The highest BCUT2D eigenvalue weighted by atomic mass is 35.5. The first kappa shape index (κ1) is 22.5. The molecule has 1 atom stereocenters. The van der Waals surface area contributed by atoms with Crippen LogP contribution in [0.3, 0.4) is 0 Å². The van der Waals surface area contributed by atoms with Gasteiger partial charge in [-0.05, 0) is 43.9 Å². The fourth-order valence-electron chi connectivity index (χ4n) is 4.76. The maximum Gasteiger partial charge on any atom is 0.250 e. The number of benzene rings is 1. The molecule has 168 valence electrons. The first-order valence-corrected chi connectivity index (χ1v) is 12.6. The predicted molar refractivity (Wildman–Crippen MR) is 123 cm³/mol. The molecule has 2 saturated carbocycles. The van der Waals surface area contributed by atoms with Crippen LogP contribution in [0.2, 0.25) is 5.02 Å². The molecule has 1 aliphatic heterocycles. The number of nitrogens with one attached hydrogen (secondary N) is 2. The van der Waals surface area contributed by atoms with E-state index in [1.165, 1.54) is 29.5 Å². The summed E-state index contributed by atoms with van der Waals surface area (Å²) in [5.74, 6) is -0.795. The van der Waals surface area contributed by atoms with Crippen LogP contribution in [0.1, 0.15) is 64.2 Å². The third-order valence-electron chi connectivity index (χ3n) is 6.41. The summed E-state index contributed by atoms with van der Waals surface area (Å²) in [7, 11) is 0. The van der Waals surface area contributed by atoms with Crippen molar-refractivity contribution in [2.24, 2.45) is 0 Å². The highest BCUT2D eigenvalue weighted by Gasteiger charge is 2.40. The second kappa shape index (κ2) is 10.3. The van der Waals surface area contributed by atoms with Gasteiger partial charge in [-0.1, -0.05) is 50.1 Å². The number of rotatable bonds is 5. The molecule has 3 amide bonds. The summed E-state index contributed by atoms with van der Waals surface area (Å²) in [6, 6.07) is 5.53. The Hall–Kier alpha value is -1.73. The Labute approximate surface area is 192 Å². The van der Waals surface area contributed by atoms with E-state index in [2.05, 4.69) is 10.6 Å². The minimum absolute atomic E-state index is 0.0856. The van der Waals surface area contributed by atoms with Crippen LogP contribution < -0.4 is 15.5 Å². The van der Waals surface area contributed by atoms with Gasteiger partial charge < -0.3 is 15.5 Å². The molecule has 1 aromatic carbocycles. The van der Waals surface area contributed by atoms with E-state index in [0.29, 0.717) is 10.7 Å². The van der Waals surface area contributed by atoms with Crippen LogP contribution in [0.5, 0.6) is 0 Å². The Bertz CT molecular complexity index is 837. The van der Waals surface area contributed by atoms with E-state index >= 15 is 0 Å². The maximum absolute atomic E-state index is 13.3. The van der Waals surface area contributed by atoms with E-state index in [0.717, 1.165) is 56.3 Å². The number of fused-ring (bicyclic) bond motifs is 1. The van der Waals surface area contributed by atoms with Gasteiger partial charge >= 0.3 is 0 Å². The average Bonchev–Trinajstić information content (AvgIpc) is 2.76. The summed E-state index contributed by atoms with van der Waals surface area (Å²) in [6.45, 7) is -0.0856. The van der Waals surface area contributed by atoms with Gasteiger partial charge in [-0.25, -0.2) is 0 Å². The molecule has 1 aromatic rings. The Kier molecular flexibility index (Phi) is 7.43. The van der Waals surface area contributed by atoms with E-state index in [1.54, 1.807) is 18.2 Å². The standard InChI is InChI=1S/C23H30ClN3O3S/c24-15-11-12-18-19(13-15)31-21(22(29)26-17-9-5-2-6-10-17)23(30)27(18)14-20(28)25-16-7-3-1-4-8-16/h11-13,16-17,21H,1-10,14H2,(H,25,28)(H,26,29). The molecule has 2 fully saturated rings. The third kappa shape index (κ3) is 5.55. The summed E-state index contributed by atoms with van der Waals surface area (Å²) in [5.41, 5.74) is 0.639. The van der Waals surface area contributed by atoms with E-state index in [1.807, 2.05) is 0 Å². The third-order valence-corrected chi connectivity index (χ3v) is 7.88. The lowest BCUT2D eigenvalue weighted by Gasteiger charge is -2.34. The summed E-state index contributed by atoms with van der Waals surface area (Å²) in [5, 5.41) is 5.77. The van der Waals surface area contributed by atoms with Gasteiger partial charge in [0.1, 0.15) is 6.54 Å². The van der Waals surface area contributed by atoms with E-state index in [9.17, 15) is 14.4 Å². The quantitative estimate of drug-likeness (QED) is 0.646. The molecule has 4 rings (SSSR count). The van der Waals surface area contributed by atoms with Crippen molar-refractivity contribution in [1.29, 1.82) is 0 Å². The topological polar surface area (TPSA) is 78.5 Å². The van der Waals surface area contributed by atoms with Crippen LogP contribution in [-0.2, 0) is 14.4 Å². The SMILES string of the molecule is O=C(CN1C(=O)C(C(=O)NC2CCCCC2)Sc2cc(Cl)ccc21)NC1CCCCC1. The first-order valence-electron chi connectivity index (χ1n) is 11.4. The lowest BCUT2D eigenvalue weighted by molar-refractivity contribution is -0.129. The van der Waals surface area contributed by atoms with Crippen molar-refractivity contribution >= 4 is 46.8 Å². The van der Waals surface area contributed by atoms with Gasteiger partial charge in [0.05, 0.1) is 5.69 Å². The van der Waals surface area contributed by atoms with Crippen molar-refractivity contribution in [3.63, 3.8) is 0 Å². The molecule has 6 nitrogen and oxygen atoms in total. The lowest BCUT2D eigenvalue weighted by atomic mass is 9.95. The van der Waals surface area contributed by atoms with Gasteiger partial charge in [0.25, 0.3) is 5.91 Å². The van der Waals surface area contributed by atoms with Crippen molar-refractivity contribution in [2.75, 3.05) is 11.4 Å². The molecular weight excluding hydrogens is 434 g/mol. The zero-order chi connectivity index (χ0) is 21.8. The smallest absolute Gasteiger partial charge is 0.250 e. The highest BCUT2D eigenvalue weighted by Crippen LogP contribution is 2.41. The summed E-state index contributed by atoms with van der Waals surface area (Å²) in [4.78, 5) is 41.3. The molecule has 0 spiro atoms. The number of anilines is 1. The minimum Gasteiger partial charge on any atom is -0.352 e. The van der Waals surface area contributed by atoms with Gasteiger partial charge in [0.15, 0.2) is 5.25 Å². The lowest BCUT2D eigenvalue weighted by Crippen LogP contribution is -2.53. The number of thioether (sulfide) groups is 1. The van der Waals surface area contributed by atoms with E-state index in [4.69, 9.17) is 11.6 Å². The molecule has 0 bridgehead atoms. The second-order valence-electron chi connectivity index (χ2n) is 8.78. The van der Waals surface area contributed by atoms with Gasteiger partial charge in [-0.15, -0.1) is 11.8 Å². The average molecular weight is 464 g/mol. The number of halogens is 1. The van der Waals surface area contributed by atoms with Crippen molar-refractivity contribution < 1.29 is 14.4 Å². The van der Waals surface area contributed by atoms with Crippen LogP contribution in [0, 0.1) is 0 Å². The summed E-state index contributed by atoms with van der Waals surface area (Å²) < 4.78 is 0. The molecule has 0 saturated heterocycles. The van der Waals surface area contributed by atoms with Crippen LogP contribution in [0.4, 0.5) is 5.69 Å². The fourth-order valence-corrected chi connectivity index (χ4v) is 6.15. The Morgan fingerprint density at radius 2 is 1.58 bits per heavy atom. The molecule has 3 aliphatic rings. The molecule has 0 radical (unpaired) electrons. The molecule has 0 aromatic heterocycles. The molecule has 2 aliphatic carbocycles. The van der Waals surface area contributed by atoms with Gasteiger partial charge in [-0.3, -0.25) is 14.4 Å². The monoisotopic (exact) mass is 463 g/mol. The molecule has 31 heavy (non-hydrogen) atoms. The number of carbonyl (C=O) groups excluding carboxylic acids is 3. The van der Waals surface area contributed by atoms with Crippen molar-refractivity contribution in [3.8, 4) is 0 Å². The van der Waals surface area contributed by atoms with E-state index < -0.39 is 5.25 Å². The molecule has 1 heterocycles. The molecule has 1 unspecified atom stereocenters. The van der Waals surface area contributed by atoms with Crippen molar-refractivity contribution in [2.45, 2.75) is 86.4 Å². The largest absolute Gasteiger partial charge is 0.352 e. The summed E-state index contributed by atoms with van der Waals surface area (Å²) >= 11 is 7.40.